The van der Waals surface area contributed by atoms with E-state index in [2.05, 4.69) is 10.8 Å². The van der Waals surface area contributed by atoms with Gasteiger partial charge in [-0.05, 0) is 57.2 Å². The maximum Gasteiger partial charge on any atom is 0.431 e. The fourth-order valence-corrected chi connectivity index (χ4v) is 3.85. The molecule has 36 heavy (non-hydrogen) atoms. The minimum Gasteiger partial charge on any atom is -0.442 e. The van der Waals surface area contributed by atoms with Gasteiger partial charge in [0.15, 0.2) is 0 Å². The smallest absolute Gasteiger partial charge is 0.431 e. The molecular formula is C25H28N4O7. The lowest BCUT2D eigenvalue weighted by molar-refractivity contribution is -0.00488. The number of anilines is 2. The molecule has 1 atom stereocenters. The van der Waals surface area contributed by atoms with Gasteiger partial charge in [-0.1, -0.05) is 12.1 Å². The van der Waals surface area contributed by atoms with Crippen LogP contribution in [0.5, 0.6) is 0 Å². The number of hydrogen-bond donors (Lipinski definition) is 2. The topological polar surface area (TPSA) is 127 Å². The van der Waals surface area contributed by atoms with Gasteiger partial charge in [-0.2, -0.15) is 5.48 Å². The summed E-state index contributed by atoms with van der Waals surface area (Å²) < 4.78 is 10.5. The highest BCUT2D eigenvalue weighted by Gasteiger charge is 2.40. The zero-order valence-electron chi connectivity index (χ0n) is 20.3. The summed E-state index contributed by atoms with van der Waals surface area (Å²) in [5.74, 6) is -0.767. The van der Waals surface area contributed by atoms with E-state index in [1.807, 2.05) is 0 Å². The highest BCUT2D eigenvalue weighted by atomic mass is 16.7. The number of rotatable bonds is 8. The molecule has 0 aliphatic carbocycles. The lowest BCUT2D eigenvalue weighted by atomic mass is 10.1. The molecule has 2 aromatic carbocycles. The molecule has 0 unspecified atom stereocenters. The first-order chi connectivity index (χ1) is 17.1. The standard InChI is InChI=1S/C25H28N4O7/c1-25(2,3)36-23(32)27-34-13-12-26-16-8-10-17(11-9-16)28-14-18(35-24(28)33)15-29-21(30)19-6-4-5-7-20(19)22(29)31/h4-11,18,26H,12-15H2,1-3H3,(H,27,32)/t18-/m1/s1. The number of hydrogen-bond acceptors (Lipinski definition) is 8. The number of carbonyl (C=O) groups is 4. The van der Waals surface area contributed by atoms with E-state index in [0.717, 1.165) is 10.6 Å². The van der Waals surface area contributed by atoms with Crippen molar-refractivity contribution < 1.29 is 33.5 Å². The van der Waals surface area contributed by atoms with Crippen LogP contribution in [0.1, 0.15) is 41.5 Å². The zero-order valence-corrected chi connectivity index (χ0v) is 20.3. The number of nitrogens with zero attached hydrogens (tertiary/aromatic N) is 2. The highest BCUT2D eigenvalue weighted by Crippen LogP contribution is 2.27. The molecule has 0 spiro atoms. The van der Waals surface area contributed by atoms with Crippen LogP contribution in [0.4, 0.5) is 21.0 Å². The van der Waals surface area contributed by atoms with Crippen LogP contribution in [-0.2, 0) is 14.3 Å². The molecule has 2 aromatic rings. The summed E-state index contributed by atoms with van der Waals surface area (Å²) in [7, 11) is 0. The van der Waals surface area contributed by atoms with E-state index in [-0.39, 0.29) is 31.5 Å². The van der Waals surface area contributed by atoms with Gasteiger partial charge in [0.25, 0.3) is 11.8 Å². The first kappa shape index (κ1) is 25.0. The Balaban J connectivity index is 1.24. The second-order valence-electron chi connectivity index (χ2n) is 9.31. The normalized spacial score (nSPS) is 17.2. The first-order valence-corrected chi connectivity index (χ1v) is 11.5. The number of fused-ring (bicyclic) bond motifs is 1. The number of benzene rings is 2. The van der Waals surface area contributed by atoms with Crippen molar-refractivity contribution in [2.24, 2.45) is 0 Å². The number of cyclic esters (lactones) is 1. The van der Waals surface area contributed by atoms with E-state index in [1.54, 1.807) is 69.3 Å². The Morgan fingerprint density at radius 1 is 1.03 bits per heavy atom. The third-order valence-corrected chi connectivity index (χ3v) is 5.41. The summed E-state index contributed by atoms with van der Waals surface area (Å²) in [5.41, 5.74) is 3.73. The number of amides is 4. The molecular weight excluding hydrogens is 468 g/mol. The molecule has 2 N–H and O–H groups in total. The Bertz CT molecular complexity index is 1120. The molecule has 0 radical (unpaired) electrons. The average Bonchev–Trinajstić information content (AvgIpc) is 3.31. The lowest BCUT2D eigenvalue weighted by Crippen LogP contribution is -2.38. The number of ether oxygens (including phenoxy) is 2. The van der Waals surface area contributed by atoms with Crippen molar-refractivity contribution in [2.45, 2.75) is 32.5 Å². The highest BCUT2D eigenvalue weighted by molar-refractivity contribution is 6.21. The summed E-state index contributed by atoms with van der Waals surface area (Å²) in [6, 6.07) is 13.7. The van der Waals surface area contributed by atoms with Crippen LogP contribution in [0.3, 0.4) is 0 Å². The summed E-state index contributed by atoms with van der Waals surface area (Å²) in [6.45, 7) is 6.11. The molecule has 190 valence electrons. The molecule has 0 saturated carbocycles. The van der Waals surface area contributed by atoms with E-state index < -0.39 is 23.9 Å². The third-order valence-electron chi connectivity index (χ3n) is 5.41. The van der Waals surface area contributed by atoms with Gasteiger partial charge in [0.1, 0.15) is 11.7 Å². The predicted molar refractivity (Wildman–Crippen MR) is 130 cm³/mol. The Kier molecular flexibility index (Phi) is 7.11. The number of nitrogens with one attached hydrogen (secondary N) is 2. The van der Waals surface area contributed by atoms with Crippen LogP contribution in [0, 0.1) is 0 Å². The van der Waals surface area contributed by atoms with Gasteiger partial charge < -0.3 is 14.8 Å². The van der Waals surface area contributed by atoms with E-state index in [4.69, 9.17) is 14.3 Å². The lowest BCUT2D eigenvalue weighted by Gasteiger charge is -2.19. The van der Waals surface area contributed by atoms with Gasteiger partial charge in [-0.3, -0.25) is 24.2 Å². The van der Waals surface area contributed by atoms with Crippen molar-refractivity contribution in [1.29, 1.82) is 0 Å². The molecule has 0 aromatic heterocycles. The van der Waals surface area contributed by atoms with Crippen molar-refractivity contribution in [3.8, 4) is 0 Å². The van der Waals surface area contributed by atoms with E-state index in [0.29, 0.717) is 23.4 Å². The van der Waals surface area contributed by atoms with E-state index in [1.165, 1.54) is 4.90 Å². The fourth-order valence-electron chi connectivity index (χ4n) is 3.85. The van der Waals surface area contributed by atoms with Crippen molar-refractivity contribution >= 4 is 35.4 Å². The Morgan fingerprint density at radius 3 is 2.28 bits per heavy atom. The molecule has 2 aliphatic heterocycles. The molecule has 2 heterocycles. The largest absolute Gasteiger partial charge is 0.442 e. The van der Waals surface area contributed by atoms with E-state index >= 15 is 0 Å². The minimum absolute atomic E-state index is 0.00838. The summed E-state index contributed by atoms with van der Waals surface area (Å²) in [5, 5.41) is 3.14. The minimum atomic E-state index is -0.661. The Hall–Kier alpha value is -4.12. The quantitative estimate of drug-likeness (QED) is 0.324. The zero-order chi connectivity index (χ0) is 25.9. The van der Waals surface area contributed by atoms with Crippen molar-refractivity contribution in [1.82, 2.24) is 10.4 Å². The molecule has 11 heteroatoms. The molecule has 2 aliphatic rings. The van der Waals surface area contributed by atoms with Gasteiger partial charge in [0.2, 0.25) is 0 Å². The summed E-state index contributed by atoms with van der Waals surface area (Å²) in [6.07, 6.45) is -1.84. The van der Waals surface area contributed by atoms with Crippen molar-refractivity contribution in [2.75, 3.05) is 36.5 Å². The Morgan fingerprint density at radius 2 is 1.67 bits per heavy atom. The van der Waals surface area contributed by atoms with Gasteiger partial charge in [-0.15, -0.1) is 0 Å². The predicted octanol–water partition coefficient (Wildman–Crippen LogP) is 3.18. The number of imide groups is 1. The first-order valence-electron chi connectivity index (χ1n) is 11.5. The van der Waals surface area contributed by atoms with Crippen molar-refractivity contribution in [3.63, 3.8) is 0 Å². The molecule has 0 bridgehead atoms. The second kappa shape index (κ2) is 10.2. The van der Waals surface area contributed by atoms with Crippen molar-refractivity contribution in [3.05, 3.63) is 59.7 Å². The fraction of sp³-hybridized carbons (Fsp3) is 0.360. The maximum atomic E-state index is 12.6. The molecule has 1 saturated heterocycles. The van der Waals surface area contributed by atoms with Crippen LogP contribution in [0.15, 0.2) is 48.5 Å². The summed E-state index contributed by atoms with van der Waals surface area (Å²) >= 11 is 0. The third kappa shape index (κ3) is 5.74. The van der Waals surface area contributed by atoms with Crippen LogP contribution in [0.2, 0.25) is 0 Å². The van der Waals surface area contributed by atoms with Crippen LogP contribution < -0.4 is 15.7 Å². The monoisotopic (exact) mass is 496 g/mol. The van der Waals surface area contributed by atoms with Gasteiger partial charge in [0.05, 0.1) is 30.8 Å². The number of carbonyl (C=O) groups excluding carboxylic acids is 4. The molecule has 4 amide bonds. The molecule has 1 fully saturated rings. The summed E-state index contributed by atoms with van der Waals surface area (Å²) in [4.78, 5) is 56.8. The maximum absolute atomic E-state index is 12.6. The van der Waals surface area contributed by atoms with Crippen LogP contribution >= 0.6 is 0 Å². The second-order valence-corrected chi connectivity index (χ2v) is 9.31. The molecule has 11 nitrogen and oxygen atoms in total. The van der Waals surface area contributed by atoms with Gasteiger partial charge >= 0.3 is 12.2 Å². The van der Waals surface area contributed by atoms with E-state index in [9.17, 15) is 19.2 Å². The SMILES string of the molecule is CC(C)(C)OC(=O)NOCCNc1ccc(N2C[C@H](CN3C(=O)c4ccccc4C3=O)OC2=O)cc1. The average molecular weight is 497 g/mol. The molecule has 4 rings (SSSR count). The van der Waals surface area contributed by atoms with Crippen LogP contribution in [0.25, 0.3) is 0 Å². The number of hydroxylamine groups is 1. The van der Waals surface area contributed by atoms with Crippen LogP contribution in [-0.4, -0.2) is 66.8 Å². The van der Waals surface area contributed by atoms with Gasteiger partial charge in [0, 0.05) is 17.9 Å². The Labute approximate surface area is 208 Å². The van der Waals surface area contributed by atoms with Gasteiger partial charge in [-0.25, -0.2) is 9.59 Å².